The molecule has 7 nitrogen and oxygen atoms in total. The number of ether oxygens (including phenoxy) is 1. The summed E-state index contributed by atoms with van der Waals surface area (Å²) in [5, 5.41) is 12.5. The van der Waals surface area contributed by atoms with Gasteiger partial charge in [-0.25, -0.2) is 13.8 Å². The van der Waals surface area contributed by atoms with E-state index in [0.717, 1.165) is 22.8 Å². The molecule has 1 N–H and O–H groups in total. The molecule has 0 radical (unpaired) electrons. The Morgan fingerprint density at radius 3 is 2.52 bits per heavy atom. The molecular formula is C21H20F3N3O4. The van der Waals surface area contributed by atoms with Gasteiger partial charge in [0, 0.05) is 12.5 Å². The van der Waals surface area contributed by atoms with E-state index in [9.17, 15) is 22.8 Å². The number of rotatable bonds is 8. The number of hydrogen-bond donors (Lipinski definition) is 1. The van der Waals surface area contributed by atoms with E-state index in [4.69, 9.17) is 9.84 Å². The van der Waals surface area contributed by atoms with Gasteiger partial charge in [0.15, 0.2) is 5.82 Å². The van der Waals surface area contributed by atoms with Gasteiger partial charge < -0.3 is 9.84 Å². The number of aliphatic carboxylic acids is 1. The van der Waals surface area contributed by atoms with Crippen LogP contribution in [0.4, 0.5) is 13.2 Å². The molecule has 10 heteroatoms. The van der Waals surface area contributed by atoms with Crippen molar-refractivity contribution < 1.29 is 27.8 Å². The molecule has 3 rings (SSSR count). The standard InChI is InChI=1S/C21H20F3N3O4/c1-12-9-14(4-8-19(28)29)3-5-15(12)11-31-16-6-7-18(17(22)10-16)27-21(30)26(20(23)24)13(2)25-27/h3,5-7,9-10,20H,4,8,11H2,1-2H3,(H,28,29). The summed E-state index contributed by atoms with van der Waals surface area (Å²) < 4.78 is 46.8. The highest BCUT2D eigenvalue weighted by Crippen LogP contribution is 2.22. The van der Waals surface area contributed by atoms with Gasteiger partial charge in [-0.1, -0.05) is 18.2 Å². The summed E-state index contributed by atoms with van der Waals surface area (Å²) >= 11 is 0. The lowest BCUT2D eigenvalue weighted by molar-refractivity contribution is -0.136. The summed E-state index contributed by atoms with van der Waals surface area (Å²) in [6.07, 6.45) is 0.462. The van der Waals surface area contributed by atoms with Crippen molar-refractivity contribution in [2.24, 2.45) is 0 Å². The van der Waals surface area contributed by atoms with Crippen molar-refractivity contribution in [1.82, 2.24) is 14.3 Å². The fraction of sp³-hybridized carbons (Fsp3) is 0.286. The van der Waals surface area contributed by atoms with Crippen LogP contribution >= 0.6 is 0 Å². The van der Waals surface area contributed by atoms with Crippen LogP contribution in [0.1, 0.15) is 35.5 Å². The smallest absolute Gasteiger partial charge is 0.355 e. The number of alkyl halides is 2. The largest absolute Gasteiger partial charge is 0.489 e. The Labute approximate surface area is 175 Å². The van der Waals surface area contributed by atoms with Crippen molar-refractivity contribution in [3.05, 3.63) is 75.2 Å². The van der Waals surface area contributed by atoms with Gasteiger partial charge in [0.2, 0.25) is 0 Å². The van der Waals surface area contributed by atoms with Gasteiger partial charge in [0.1, 0.15) is 23.9 Å². The fourth-order valence-corrected chi connectivity index (χ4v) is 3.09. The molecule has 0 bridgehead atoms. The van der Waals surface area contributed by atoms with Crippen LogP contribution in [-0.2, 0) is 17.8 Å². The summed E-state index contributed by atoms with van der Waals surface area (Å²) in [6, 6.07) is 9.20. The van der Waals surface area contributed by atoms with Crippen LogP contribution in [0.15, 0.2) is 41.2 Å². The van der Waals surface area contributed by atoms with Gasteiger partial charge in [-0.15, -0.1) is 5.10 Å². The van der Waals surface area contributed by atoms with Crippen molar-refractivity contribution in [1.29, 1.82) is 0 Å². The first kappa shape index (κ1) is 22.1. The highest BCUT2D eigenvalue weighted by Gasteiger charge is 2.20. The van der Waals surface area contributed by atoms with E-state index in [1.165, 1.54) is 19.1 Å². The quantitative estimate of drug-likeness (QED) is 0.582. The van der Waals surface area contributed by atoms with Gasteiger partial charge >= 0.3 is 18.2 Å². The number of aryl methyl sites for hydroxylation is 3. The molecule has 0 spiro atoms. The number of halogens is 3. The highest BCUT2D eigenvalue weighted by atomic mass is 19.3. The molecule has 0 aliphatic carbocycles. The van der Waals surface area contributed by atoms with Crippen LogP contribution in [0.3, 0.4) is 0 Å². The lowest BCUT2D eigenvalue weighted by Gasteiger charge is -2.11. The summed E-state index contributed by atoms with van der Waals surface area (Å²) in [5.74, 6) is -1.76. The Morgan fingerprint density at radius 2 is 1.94 bits per heavy atom. The molecule has 2 aromatic carbocycles. The van der Waals surface area contributed by atoms with E-state index >= 15 is 0 Å². The maximum atomic E-state index is 14.5. The third-order valence-electron chi connectivity index (χ3n) is 4.75. The molecule has 0 aliphatic rings. The van der Waals surface area contributed by atoms with E-state index in [0.29, 0.717) is 11.1 Å². The maximum Gasteiger partial charge on any atom is 0.355 e. The number of aromatic nitrogens is 3. The first-order valence-electron chi connectivity index (χ1n) is 9.36. The summed E-state index contributed by atoms with van der Waals surface area (Å²) in [5.41, 5.74) is 1.23. The second kappa shape index (κ2) is 9.07. The van der Waals surface area contributed by atoms with E-state index in [1.54, 1.807) is 0 Å². The first-order chi connectivity index (χ1) is 14.7. The minimum absolute atomic E-state index is 0.0408. The van der Waals surface area contributed by atoms with Crippen molar-refractivity contribution in [2.45, 2.75) is 39.8 Å². The summed E-state index contributed by atoms with van der Waals surface area (Å²) in [7, 11) is 0. The molecule has 0 aliphatic heterocycles. The van der Waals surface area contributed by atoms with Crippen LogP contribution in [0, 0.1) is 19.7 Å². The number of nitrogens with zero attached hydrogens (tertiary/aromatic N) is 3. The topological polar surface area (TPSA) is 86.3 Å². The van der Waals surface area contributed by atoms with Gasteiger partial charge in [-0.05, 0) is 49.1 Å². The fourth-order valence-electron chi connectivity index (χ4n) is 3.09. The average molecular weight is 435 g/mol. The third-order valence-corrected chi connectivity index (χ3v) is 4.75. The molecule has 164 valence electrons. The number of benzene rings is 2. The van der Waals surface area contributed by atoms with Gasteiger partial charge in [-0.3, -0.25) is 4.79 Å². The molecule has 31 heavy (non-hydrogen) atoms. The van der Waals surface area contributed by atoms with Gasteiger partial charge in [0.05, 0.1) is 0 Å². The Balaban J connectivity index is 1.74. The minimum atomic E-state index is -3.08. The van der Waals surface area contributed by atoms with Crippen molar-refractivity contribution in [3.8, 4) is 11.4 Å². The number of carboxylic acids is 1. The zero-order valence-corrected chi connectivity index (χ0v) is 16.8. The summed E-state index contributed by atoms with van der Waals surface area (Å²) in [6.45, 7) is 0.156. The van der Waals surface area contributed by atoms with Crippen LogP contribution in [0.25, 0.3) is 5.69 Å². The Bertz CT molecular complexity index is 1170. The van der Waals surface area contributed by atoms with Crippen LogP contribution in [0.2, 0.25) is 0 Å². The second-order valence-electron chi connectivity index (χ2n) is 6.95. The number of carboxylic acid groups (broad SMARTS) is 1. The van der Waals surface area contributed by atoms with Crippen LogP contribution < -0.4 is 10.4 Å². The predicted octanol–water partition coefficient (Wildman–Crippen LogP) is 3.78. The van der Waals surface area contributed by atoms with E-state index in [1.807, 2.05) is 25.1 Å². The molecule has 0 unspecified atom stereocenters. The number of hydrogen-bond acceptors (Lipinski definition) is 4. The van der Waals surface area contributed by atoms with E-state index in [2.05, 4.69) is 5.10 Å². The molecule has 0 amide bonds. The van der Waals surface area contributed by atoms with Crippen LogP contribution in [-0.4, -0.2) is 25.4 Å². The van der Waals surface area contributed by atoms with Crippen LogP contribution in [0.5, 0.6) is 5.75 Å². The SMILES string of the molecule is Cc1cc(CCC(=O)O)ccc1COc1ccc(-n2nc(C)n(C(F)F)c2=O)c(F)c1. The summed E-state index contributed by atoms with van der Waals surface area (Å²) in [4.78, 5) is 22.8. The average Bonchev–Trinajstić information content (AvgIpc) is 2.99. The zero-order valence-electron chi connectivity index (χ0n) is 16.8. The minimum Gasteiger partial charge on any atom is -0.489 e. The first-order valence-corrected chi connectivity index (χ1v) is 9.36. The second-order valence-corrected chi connectivity index (χ2v) is 6.95. The Hall–Kier alpha value is -3.56. The predicted molar refractivity (Wildman–Crippen MR) is 105 cm³/mol. The van der Waals surface area contributed by atoms with E-state index < -0.39 is 24.0 Å². The maximum absolute atomic E-state index is 14.5. The van der Waals surface area contributed by atoms with E-state index in [-0.39, 0.29) is 34.9 Å². The zero-order chi connectivity index (χ0) is 22.7. The Morgan fingerprint density at radius 1 is 1.19 bits per heavy atom. The van der Waals surface area contributed by atoms with Gasteiger partial charge in [-0.2, -0.15) is 13.5 Å². The molecular weight excluding hydrogens is 415 g/mol. The molecule has 1 heterocycles. The van der Waals surface area contributed by atoms with Crippen molar-refractivity contribution in [3.63, 3.8) is 0 Å². The Kier molecular flexibility index (Phi) is 6.47. The van der Waals surface area contributed by atoms with Crippen molar-refractivity contribution >= 4 is 5.97 Å². The molecule has 0 fully saturated rings. The third kappa shape index (κ3) is 4.96. The molecule has 0 saturated carbocycles. The molecule has 0 atom stereocenters. The normalized spacial score (nSPS) is 11.2. The number of carbonyl (C=O) groups is 1. The molecule has 3 aromatic rings. The lowest BCUT2D eigenvalue weighted by atomic mass is 10.0. The molecule has 0 saturated heterocycles. The van der Waals surface area contributed by atoms with Crippen molar-refractivity contribution in [2.75, 3.05) is 0 Å². The lowest BCUT2D eigenvalue weighted by Crippen LogP contribution is -2.25. The monoisotopic (exact) mass is 435 g/mol. The molecule has 1 aromatic heterocycles. The van der Waals surface area contributed by atoms with Gasteiger partial charge in [0.25, 0.3) is 0 Å². The highest BCUT2D eigenvalue weighted by molar-refractivity contribution is 5.67.